The Kier molecular flexibility index (Phi) is 1.84. The van der Waals surface area contributed by atoms with Gasteiger partial charge < -0.3 is 5.32 Å². The molecule has 0 saturated carbocycles. The maximum Gasteiger partial charge on any atom is 0.222 e. The lowest BCUT2D eigenvalue weighted by Gasteiger charge is -2.26. The minimum Gasteiger partial charge on any atom is -0.349 e. The molecule has 1 saturated heterocycles. The van der Waals surface area contributed by atoms with Crippen LogP contribution in [0, 0.1) is 0 Å². The molecule has 4 heteroatoms. The smallest absolute Gasteiger partial charge is 0.222 e. The first kappa shape index (κ1) is 7.73. The van der Waals surface area contributed by atoms with Gasteiger partial charge in [0.25, 0.3) is 0 Å². The van der Waals surface area contributed by atoms with Crippen molar-refractivity contribution in [2.24, 2.45) is 0 Å². The molecule has 1 aromatic heterocycles. The maximum absolute atomic E-state index is 10.6. The van der Waals surface area contributed by atoms with Gasteiger partial charge in [-0.3, -0.25) is 9.78 Å². The molecule has 0 radical (unpaired) electrons. The number of aromatic nitrogens is 1. The highest BCUT2D eigenvalue weighted by atomic mass is 79.9. The molecule has 2 rings (SSSR count). The molecule has 12 heavy (non-hydrogen) atoms. The summed E-state index contributed by atoms with van der Waals surface area (Å²) >= 11 is 3.32. The molecule has 3 nitrogen and oxygen atoms in total. The lowest BCUT2D eigenvalue weighted by atomic mass is 9.99. The Hall–Kier alpha value is -0.900. The van der Waals surface area contributed by atoms with E-state index in [1.807, 2.05) is 6.07 Å². The number of nitrogens with one attached hydrogen (secondary N) is 1. The Morgan fingerprint density at radius 2 is 2.33 bits per heavy atom. The normalized spacial score (nSPS) is 21.4. The van der Waals surface area contributed by atoms with Gasteiger partial charge in [-0.15, -0.1) is 0 Å². The summed E-state index contributed by atoms with van der Waals surface area (Å²) in [4.78, 5) is 14.6. The van der Waals surface area contributed by atoms with E-state index in [1.54, 1.807) is 12.4 Å². The number of hydrogen-bond donors (Lipinski definition) is 1. The summed E-state index contributed by atoms with van der Waals surface area (Å²) in [5, 5.41) is 2.79. The van der Waals surface area contributed by atoms with Crippen molar-refractivity contribution in [3.05, 3.63) is 28.5 Å². The van der Waals surface area contributed by atoms with Crippen LogP contribution in [-0.4, -0.2) is 10.9 Å². The largest absolute Gasteiger partial charge is 0.349 e. The van der Waals surface area contributed by atoms with Crippen molar-refractivity contribution in [2.75, 3.05) is 0 Å². The molecule has 1 aromatic rings. The second-order valence-electron chi connectivity index (χ2n) is 2.76. The van der Waals surface area contributed by atoms with Crippen LogP contribution >= 0.6 is 15.9 Å². The SMILES string of the molecule is O=C1CC(c2cncc(Br)c2)N1. The van der Waals surface area contributed by atoms with E-state index in [-0.39, 0.29) is 11.9 Å². The quantitative estimate of drug-likeness (QED) is 0.737. The molecular weight excluding hydrogens is 220 g/mol. The molecule has 2 heterocycles. The number of amides is 1. The third kappa shape index (κ3) is 1.34. The highest BCUT2D eigenvalue weighted by Gasteiger charge is 2.26. The van der Waals surface area contributed by atoms with Gasteiger partial charge in [0.15, 0.2) is 0 Å². The average Bonchev–Trinajstić information content (AvgIpc) is 1.99. The van der Waals surface area contributed by atoms with E-state index in [1.165, 1.54) is 0 Å². The van der Waals surface area contributed by atoms with Crippen LogP contribution in [0.4, 0.5) is 0 Å². The highest BCUT2D eigenvalue weighted by Crippen LogP contribution is 2.24. The number of carbonyl (C=O) groups is 1. The number of halogens is 1. The fourth-order valence-electron chi connectivity index (χ4n) is 1.18. The molecule has 0 aromatic carbocycles. The molecule has 1 atom stereocenters. The first-order chi connectivity index (χ1) is 5.75. The van der Waals surface area contributed by atoms with E-state index >= 15 is 0 Å². The van der Waals surface area contributed by atoms with Gasteiger partial charge >= 0.3 is 0 Å². The van der Waals surface area contributed by atoms with Crippen LogP contribution < -0.4 is 5.32 Å². The van der Waals surface area contributed by atoms with Crippen molar-refractivity contribution < 1.29 is 4.79 Å². The zero-order valence-corrected chi connectivity index (χ0v) is 7.84. The van der Waals surface area contributed by atoms with Crippen LogP contribution in [0.1, 0.15) is 18.0 Å². The Morgan fingerprint density at radius 3 is 2.92 bits per heavy atom. The molecule has 1 unspecified atom stereocenters. The zero-order valence-electron chi connectivity index (χ0n) is 6.25. The first-order valence-electron chi connectivity index (χ1n) is 3.65. The molecule has 1 aliphatic rings. The van der Waals surface area contributed by atoms with Gasteiger partial charge in [-0.25, -0.2) is 0 Å². The van der Waals surface area contributed by atoms with E-state index in [4.69, 9.17) is 0 Å². The summed E-state index contributed by atoms with van der Waals surface area (Å²) in [5.74, 6) is 0.111. The third-order valence-electron chi connectivity index (χ3n) is 1.85. The van der Waals surface area contributed by atoms with E-state index in [9.17, 15) is 4.79 Å². The number of pyridine rings is 1. The van der Waals surface area contributed by atoms with Crippen LogP contribution in [0.15, 0.2) is 22.9 Å². The third-order valence-corrected chi connectivity index (χ3v) is 2.29. The second kappa shape index (κ2) is 2.86. The second-order valence-corrected chi connectivity index (χ2v) is 3.68. The van der Waals surface area contributed by atoms with E-state index in [2.05, 4.69) is 26.2 Å². The molecular formula is C8H7BrN2O. The summed E-state index contributed by atoms with van der Waals surface area (Å²) < 4.78 is 0.946. The molecule has 62 valence electrons. The Balaban J connectivity index is 2.18. The van der Waals surface area contributed by atoms with E-state index in [0.717, 1.165) is 10.0 Å². The van der Waals surface area contributed by atoms with Crippen LogP contribution in [-0.2, 0) is 4.79 Å². The van der Waals surface area contributed by atoms with Crippen LogP contribution in [0.2, 0.25) is 0 Å². The summed E-state index contributed by atoms with van der Waals surface area (Å²) in [6.07, 6.45) is 4.08. The van der Waals surface area contributed by atoms with Gasteiger partial charge in [0, 0.05) is 16.9 Å². The van der Waals surface area contributed by atoms with Gasteiger partial charge in [-0.1, -0.05) is 0 Å². The standard InChI is InChI=1S/C8H7BrN2O/c9-6-1-5(3-10-4-6)7-2-8(12)11-7/h1,3-4,7H,2H2,(H,11,12). The summed E-state index contributed by atoms with van der Waals surface area (Å²) in [7, 11) is 0. The maximum atomic E-state index is 10.6. The van der Waals surface area contributed by atoms with Gasteiger partial charge in [-0.2, -0.15) is 0 Å². The number of nitrogens with zero attached hydrogens (tertiary/aromatic N) is 1. The van der Waals surface area contributed by atoms with E-state index in [0.29, 0.717) is 6.42 Å². The molecule has 1 amide bonds. The fraction of sp³-hybridized carbons (Fsp3) is 0.250. The summed E-state index contributed by atoms with van der Waals surface area (Å²) in [6.45, 7) is 0. The van der Waals surface area contributed by atoms with Crippen molar-refractivity contribution >= 4 is 21.8 Å². The zero-order chi connectivity index (χ0) is 8.55. The minimum absolute atomic E-state index is 0.111. The first-order valence-corrected chi connectivity index (χ1v) is 4.45. The van der Waals surface area contributed by atoms with Gasteiger partial charge in [0.1, 0.15) is 0 Å². The van der Waals surface area contributed by atoms with Crippen molar-refractivity contribution in [1.82, 2.24) is 10.3 Å². The van der Waals surface area contributed by atoms with Gasteiger partial charge in [0.05, 0.1) is 12.5 Å². The van der Waals surface area contributed by atoms with Crippen LogP contribution in [0.3, 0.4) is 0 Å². The van der Waals surface area contributed by atoms with Crippen molar-refractivity contribution in [2.45, 2.75) is 12.5 Å². The summed E-state index contributed by atoms with van der Waals surface area (Å²) in [6, 6.07) is 2.14. The predicted molar refractivity (Wildman–Crippen MR) is 47.4 cm³/mol. The van der Waals surface area contributed by atoms with Gasteiger partial charge in [-0.05, 0) is 27.6 Å². The monoisotopic (exact) mass is 226 g/mol. The van der Waals surface area contributed by atoms with Crippen LogP contribution in [0.25, 0.3) is 0 Å². The fourth-order valence-corrected chi connectivity index (χ4v) is 1.56. The highest BCUT2D eigenvalue weighted by molar-refractivity contribution is 9.10. The Morgan fingerprint density at radius 1 is 1.58 bits per heavy atom. The molecule has 1 fully saturated rings. The van der Waals surface area contributed by atoms with E-state index < -0.39 is 0 Å². The average molecular weight is 227 g/mol. The Labute approximate surface area is 78.3 Å². The minimum atomic E-state index is 0.111. The number of hydrogen-bond acceptors (Lipinski definition) is 2. The number of carbonyl (C=O) groups excluding carboxylic acids is 1. The van der Waals surface area contributed by atoms with Crippen molar-refractivity contribution in [3.63, 3.8) is 0 Å². The van der Waals surface area contributed by atoms with Crippen molar-refractivity contribution in [3.8, 4) is 0 Å². The molecule has 1 N–H and O–H groups in total. The molecule has 0 bridgehead atoms. The predicted octanol–water partition coefficient (Wildman–Crippen LogP) is 1.41. The molecule has 1 aliphatic heterocycles. The summed E-state index contributed by atoms with van der Waals surface area (Å²) in [5.41, 5.74) is 1.06. The number of rotatable bonds is 1. The van der Waals surface area contributed by atoms with Crippen molar-refractivity contribution in [1.29, 1.82) is 0 Å². The molecule has 0 spiro atoms. The lowest BCUT2D eigenvalue weighted by Crippen LogP contribution is -2.41. The Bertz CT molecular complexity index is 319. The van der Waals surface area contributed by atoms with Gasteiger partial charge in [0.2, 0.25) is 5.91 Å². The number of β-lactam (4-membered cyclic amide) rings is 1. The lowest BCUT2D eigenvalue weighted by molar-refractivity contribution is -0.128. The van der Waals surface area contributed by atoms with Crippen LogP contribution in [0.5, 0.6) is 0 Å². The topological polar surface area (TPSA) is 42.0 Å². The molecule has 0 aliphatic carbocycles.